The molecule has 20 heavy (non-hydrogen) atoms. The molecule has 0 saturated carbocycles. The van der Waals surface area contributed by atoms with Crippen molar-refractivity contribution < 1.29 is 8.78 Å². The Kier molecular flexibility index (Phi) is 4.57. The first-order valence-electron chi connectivity index (χ1n) is 6.18. The van der Waals surface area contributed by atoms with Crippen molar-refractivity contribution in [3.63, 3.8) is 0 Å². The summed E-state index contributed by atoms with van der Waals surface area (Å²) in [6.07, 6.45) is 0. The molecule has 0 fully saturated rings. The quantitative estimate of drug-likeness (QED) is 0.893. The standard InChI is InChI=1S/C15H15ClF2N2/c1-9-4-11(17)2-3-14(9)15(8-19)20-13-6-10(16)5-12(18)7-13/h2-7,15,20H,8,19H2,1H3. The molecule has 0 aliphatic carbocycles. The van der Waals surface area contributed by atoms with Crippen LogP contribution in [0.2, 0.25) is 5.02 Å². The Morgan fingerprint density at radius 3 is 2.50 bits per heavy atom. The lowest BCUT2D eigenvalue weighted by Gasteiger charge is -2.21. The normalized spacial score (nSPS) is 12.2. The fourth-order valence-corrected chi connectivity index (χ4v) is 2.35. The highest BCUT2D eigenvalue weighted by Gasteiger charge is 2.13. The third-order valence-corrected chi connectivity index (χ3v) is 3.26. The van der Waals surface area contributed by atoms with Crippen LogP contribution in [-0.4, -0.2) is 6.54 Å². The van der Waals surface area contributed by atoms with Gasteiger partial charge < -0.3 is 11.1 Å². The van der Waals surface area contributed by atoms with Crippen LogP contribution in [-0.2, 0) is 0 Å². The molecule has 106 valence electrons. The molecule has 0 radical (unpaired) electrons. The summed E-state index contributed by atoms with van der Waals surface area (Å²) in [5, 5.41) is 3.42. The molecule has 1 atom stereocenters. The van der Waals surface area contributed by atoms with Gasteiger partial charge in [0, 0.05) is 17.3 Å². The molecule has 0 aromatic heterocycles. The number of hydrogen-bond donors (Lipinski definition) is 2. The maximum atomic E-state index is 13.3. The molecule has 0 amide bonds. The Labute approximate surface area is 121 Å². The number of benzene rings is 2. The molecule has 0 aliphatic rings. The molecular weight excluding hydrogens is 282 g/mol. The predicted molar refractivity (Wildman–Crippen MR) is 78.0 cm³/mol. The maximum Gasteiger partial charge on any atom is 0.126 e. The highest BCUT2D eigenvalue weighted by molar-refractivity contribution is 6.30. The van der Waals surface area contributed by atoms with Gasteiger partial charge in [-0.25, -0.2) is 8.78 Å². The van der Waals surface area contributed by atoms with E-state index in [1.807, 2.05) is 0 Å². The van der Waals surface area contributed by atoms with Crippen molar-refractivity contribution in [2.24, 2.45) is 5.73 Å². The fraction of sp³-hybridized carbons (Fsp3) is 0.200. The Hall–Kier alpha value is -1.65. The highest BCUT2D eigenvalue weighted by atomic mass is 35.5. The van der Waals surface area contributed by atoms with E-state index in [1.165, 1.54) is 24.3 Å². The van der Waals surface area contributed by atoms with Crippen LogP contribution in [0.4, 0.5) is 14.5 Å². The number of nitrogens with two attached hydrogens (primary N) is 1. The van der Waals surface area contributed by atoms with Crippen molar-refractivity contribution in [2.75, 3.05) is 11.9 Å². The van der Waals surface area contributed by atoms with Gasteiger partial charge in [0.1, 0.15) is 11.6 Å². The van der Waals surface area contributed by atoms with Crippen molar-refractivity contribution in [3.8, 4) is 0 Å². The van der Waals surface area contributed by atoms with Crippen molar-refractivity contribution in [1.82, 2.24) is 0 Å². The summed E-state index contributed by atoms with van der Waals surface area (Å²) >= 11 is 5.81. The SMILES string of the molecule is Cc1cc(F)ccc1C(CN)Nc1cc(F)cc(Cl)c1. The van der Waals surface area contributed by atoms with Crippen LogP contribution < -0.4 is 11.1 Å². The van der Waals surface area contributed by atoms with Crippen molar-refractivity contribution in [2.45, 2.75) is 13.0 Å². The van der Waals surface area contributed by atoms with Crippen LogP contribution in [0.3, 0.4) is 0 Å². The first kappa shape index (κ1) is 14.8. The van der Waals surface area contributed by atoms with Gasteiger partial charge in [-0.3, -0.25) is 0 Å². The molecule has 0 saturated heterocycles. The Bertz CT molecular complexity index is 597. The fourth-order valence-electron chi connectivity index (χ4n) is 2.13. The summed E-state index contributed by atoms with van der Waals surface area (Å²) in [6.45, 7) is 2.10. The van der Waals surface area contributed by atoms with Crippen LogP contribution >= 0.6 is 11.6 Å². The lowest BCUT2D eigenvalue weighted by atomic mass is 10.0. The highest BCUT2D eigenvalue weighted by Crippen LogP contribution is 2.25. The number of rotatable bonds is 4. The van der Waals surface area contributed by atoms with Crippen LogP contribution in [0.5, 0.6) is 0 Å². The predicted octanol–water partition coefficient (Wildman–Crippen LogP) is 4.04. The molecule has 3 N–H and O–H groups in total. The zero-order chi connectivity index (χ0) is 14.7. The largest absolute Gasteiger partial charge is 0.377 e. The third kappa shape index (κ3) is 3.46. The molecule has 2 nitrogen and oxygen atoms in total. The lowest BCUT2D eigenvalue weighted by molar-refractivity contribution is 0.624. The first-order chi connectivity index (χ1) is 9.49. The van der Waals surface area contributed by atoms with E-state index in [2.05, 4.69) is 5.32 Å². The van der Waals surface area contributed by atoms with Gasteiger partial charge in [-0.05, 0) is 48.4 Å². The molecule has 2 aromatic rings. The summed E-state index contributed by atoms with van der Waals surface area (Å²) in [4.78, 5) is 0. The minimum atomic E-state index is -0.424. The van der Waals surface area contributed by atoms with Crippen LogP contribution in [0, 0.1) is 18.6 Å². The van der Waals surface area contributed by atoms with Crippen molar-refractivity contribution in [3.05, 3.63) is 64.2 Å². The van der Waals surface area contributed by atoms with Gasteiger partial charge in [-0.1, -0.05) is 17.7 Å². The van der Waals surface area contributed by atoms with E-state index in [0.29, 0.717) is 17.3 Å². The summed E-state index contributed by atoms with van der Waals surface area (Å²) in [7, 11) is 0. The minimum Gasteiger partial charge on any atom is -0.377 e. The van der Waals surface area contributed by atoms with E-state index in [1.54, 1.807) is 19.1 Å². The summed E-state index contributed by atoms with van der Waals surface area (Å²) in [5.74, 6) is -0.720. The number of anilines is 1. The zero-order valence-electron chi connectivity index (χ0n) is 11.0. The van der Waals surface area contributed by atoms with Gasteiger partial charge in [0.2, 0.25) is 0 Å². The van der Waals surface area contributed by atoms with Crippen molar-refractivity contribution in [1.29, 1.82) is 0 Å². The number of halogens is 3. The summed E-state index contributed by atoms with van der Waals surface area (Å²) < 4.78 is 26.4. The molecular formula is C15H15ClF2N2. The van der Waals surface area contributed by atoms with Crippen LogP contribution in [0.15, 0.2) is 36.4 Å². The molecule has 0 aliphatic heterocycles. The van der Waals surface area contributed by atoms with E-state index >= 15 is 0 Å². The van der Waals surface area contributed by atoms with Gasteiger partial charge in [-0.2, -0.15) is 0 Å². The summed E-state index contributed by atoms with van der Waals surface area (Å²) in [6, 6.07) is 8.44. The molecule has 5 heteroatoms. The van der Waals surface area contributed by atoms with Crippen LogP contribution in [0.1, 0.15) is 17.2 Å². The monoisotopic (exact) mass is 296 g/mol. The average molecular weight is 297 g/mol. The van der Waals surface area contributed by atoms with E-state index in [0.717, 1.165) is 11.1 Å². The smallest absolute Gasteiger partial charge is 0.126 e. The van der Waals surface area contributed by atoms with Crippen LogP contribution in [0.25, 0.3) is 0 Å². The number of hydrogen-bond acceptors (Lipinski definition) is 2. The van der Waals surface area contributed by atoms with Gasteiger partial charge in [-0.15, -0.1) is 0 Å². The topological polar surface area (TPSA) is 38.0 Å². The summed E-state index contributed by atoms with van der Waals surface area (Å²) in [5.41, 5.74) is 7.95. The molecule has 1 unspecified atom stereocenters. The first-order valence-corrected chi connectivity index (χ1v) is 6.56. The second-order valence-corrected chi connectivity index (χ2v) is 5.03. The third-order valence-electron chi connectivity index (χ3n) is 3.05. The second-order valence-electron chi connectivity index (χ2n) is 4.59. The number of aryl methyl sites for hydroxylation is 1. The van der Waals surface area contributed by atoms with E-state index in [-0.39, 0.29) is 11.9 Å². The van der Waals surface area contributed by atoms with E-state index in [4.69, 9.17) is 17.3 Å². The Morgan fingerprint density at radius 2 is 1.90 bits per heavy atom. The van der Waals surface area contributed by atoms with Gasteiger partial charge in [0.05, 0.1) is 6.04 Å². The zero-order valence-corrected chi connectivity index (χ0v) is 11.7. The second kappa shape index (κ2) is 6.20. The van der Waals surface area contributed by atoms with Gasteiger partial charge in [0.25, 0.3) is 0 Å². The van der Waals surface area contributed by atoms with Gasteiger partial charge >= 0.3 is 0 Å². The van der Waals surface area contributed by atoms with Gasteiger partial charge in [0.15, 0.2) is 0 Å². The lowest BCUT2D eigenvalue weighted by Crippen LogP contribution is -2.21. The molecule has 0 heterocycles. The molecule has 0 spiro atoms. The molecule has 2 rings (SSSR count). The molecule has 0 bridgehead atoms. The Balaban J connectivity index is 2.28. The van der Waals surface area contributed by atoms with E-state index in [9.17, 15) is 8.78 Å². The van der Waals surface area contributed by atoms with E-state index < -0.39 is 5.82 Å². The Morgan fingerprint density at radius 1 is 1.15 bits per heavy atom. The number of nitrogens with one attached hydrogen (secondary N) is 1. The minimum absolute atomic E-state index is 0.242. The van der Waals surface area contributed by atoms with Crippen molar-refractivity contribution >= 4 is 17.3 Å². The molecule has 2 aromatic carbocycles. The average Bonchev–Trinajstić information content (AvgIpc) is 2.35. The maximum absolute atomic E-state index is 13.3.